The molecule has 0 fully saturated rings. The Morgan fingerprint density at radius 3 is 2.75 bits per heavy atom. The summed E-state index contributed by atoms with van der Waals surface area (Å²) in [5.74, 6) is 0.842. The first kappa shape index (κ1) is 13.2. The fraction of sp³-hybridized carbons (Fsp3) is 0.417. The van der Waals surface area contributed by atoms with E-state index in [2.05, 4.69) is 6.07 Å². The lowest BCUT2D eigenvalue weighted by Gasteiger charge is -2.15. The number of thioether (sulfide) groups is 1. The highest BCUT2D eigenvalue weighted by molar-refractivity contribution is 7.99. The standard InChI is InChI=1S/C12H15ClN2S/c1-12(2,8-14)6-7-16-11-9(13)4-3-5-10(11)15/h3-5H,6-7,15H2,1-2H3. The van der Waals surface area contributed by atoms with Gasteiger partial charge in [-0.2, -0.15) is 5.26 Å². The molecule has 0 aliphatic rings. The number of nitriles is 1. The molecule has 0 heterocycles. The first-order valence-corrected chi connectivity index (χ1v) is 6.41. The quantitative estimate of drug-likeness (QED) is 0.654. The van der Waals surface area contributed by atoms with Gasteiger partial charge in [0, 0.05) is 10.6 Å². The Labute approximate surface area is 106 Å². The van der Waals surface area contributed by atoms with E-state index in [9.17, 15) is 0 Å². The highest BCUT2D eigenvalue weighted by Gasteiger charge is 2.16. The third-order valence-corrected chi connectivity index (χ3v) is 3.85. The molecule has 0 spiro atoms. The lowest BCUT2D eigenvalue weighted by molar-refractivity contribution is 0.482. The molecule has 0 aromatic heterocycles. The number of benzene rings is 1. The monoisotopic (exact) mass is 254 g/mol. The highest BCUT2D eigenvalue weighted by atomic mass is 35.5. The van der Waals surface area contributed by atoms with Crippen LogP contribution in [-0.4, -0.2) is 5.75 Å². The van der Waals surface area contributed by atoms with Crippen molar-refractivity contribution in [3.8, 4) is 6.07 Å². The Kier molecular flexibility index (Phi) is 4.52. The van der Waals surface area contributed by atoms with Crippen LogP contribution in [0.4, 0.5) is 5.69 Å². The Hall–Kier alpha value is -0.850. The number of nitrogens with zero attached hydrogens (tertiary/aromatic N) is 1. The second-order valence-electron chi connectivity index (χ2n) is 4.25. The van der Waals surface area contributed by atoms with Crippen molar-refractivity contribution in [2.45, 2.75) is 25.2 Å². The second-order valence-corrected chi connectivity index (χ2v) is 5.76. The van der Waals surface area contributed by atoms with Crippen LogP contribution in [0.15, 0.2) is 23.1 Å². The van der Waals surface area contributed by atoms with Gasteiger partial charge in [-0.1, -0.05) is 17.7 Å². The summed E-state index contributed by atoms with van der Waals surface area (Å²) in [6, 6.07) is 7.78. The van der Waals surface area contributed by atoms with Crippen LogP contribution in [0, 0.1) is 16.7 Å². The number of hydrogen-bond donors (Lipinski definition) is 1. The van der Waals surface area contributed by atoms with Crippen molar-refractivity contribution in [3.63, 3.8) is 0 Å². The van der Waals surface area contributed by atoms with E-state index in [-0.39, 0.29) is 5.41 Å². The number of hydrogen-bond acceptors (Lipinski definition) is 3. The minimum Gasteiger partial charge on any atom is -0.398 e. The van der Waals surface area contributed by atoms with E-state index in [1.54, 1.807) is 11.8 Å². The van der Waals surface area contributed by atoms with E-state index in [0.717, 1.165) is 17.1 Å². The minimum absolute atomic E-state index is 0.289. The van der Waals surface area contributed by atoms with Crippen LogP contribution in [0.5, 0.6) is 0 Å². The van der Waals surface area contributed by atoms with Crippen LogP contribution in [0.1, 0.15) is 20.3 Å². The fourth-order valence-electron chi connectivity index (χ4n) is 1.14. The van der Waals surface area contributed by atoms with Crippen LogP contribution in [-0.2, 0) is 0 Å². The maximum absolute atomic E-state index is 8.89. The molecule has 86 valence electrons. The summed E-state index contributed by atoms with van der Waals surface area (Å²) >= 11 is 7.66. The number of halogens is 1. The van der Waals surface area contributed by atoms with Crippen molar-refractivity contribution in [1.82, 2.24) is 0 Å². The molecule has 0 radical (unpaired) electrons. The Morgan fingerprint density at radius 1 is 1.50 bits per heavy atom. The van der Waals surface area contributed by atoms with Gasteiger partial charge >= 0.3 is 0 Å². The molecule has 0 atom stereocenters. The van der Waals surface area contributed by atoms with E-state index in [4.69, 9.17) is 22.6 Å². The van der Waals surface area contributed by atoms with Crippen molar-refractivity contribution in [3.05, 3.63) is 23.2 Å². The summed E-state index contributed by atoms with van der Waals surface area (Å²) in [5.41, 5.74) is 6.25. The third kappa shape index (κ3) is 3.62. The maximum Gasteiger partial charge on any atom is 0.0684 e. The predicted octanol–water partition coefficient (Wildman–Crippen LogP) is 3.95. The smallest absolute Gasteiger partial charge is 0.0684 e. The van der Waals surface area contributed by atoms with Crippen molar-refractivity contribution >= 4 is 29.1 Å². The number of nitrogens with two attached hydrogens (primary N) is 1. The summed E-state index contributed by atoms with van der Waals surface area (Å²) in [6.45, 7) is 3.87. The van der Waals surface area contributed by atoms with Gasteiger partial charge in [0.05, 0.1) is 16.5 Å². The molecule has 0 aliphatic heterocycles. The van der Waals surface area contributed by atoms with Crippen molar-refractivity contribution < 1.29 is 0 Å². The minimum atomic E-state index is -0.289. The molecule has 2 N–H and O–H groups in total. The molecule has 0 saturated carbocycles. The van der Waals surface area contributed by atoms with Gasteiger partial charge in [0.1, 0.15) is 0 Å². The molecule has 0 aliphatic carbocycles. The molecule has 1 aromatic carbocycles. The molecule has 16 heavy (non-hydrogen) atoms. The zero-order valence-electron chi connectivity index (χ0n) is 9.46. The van der Waals surface area contributed by atoms with Crippen LogP contribution in [0.25, 0.3) is 0 Å². The fourth-order valence-corrected chi connectivity index (χ4v) is 2.74. The van der Waals surface area contributed by atoms with Gasteiger partial charge < -0.3 is 5.73 Å². The molecule has 0 bridgehead atoms. The first-order chi connectivity index (χ1) is 7.46. The zero-order chi connectivity index (χ0) is 12.2. The summed E-state index contributed by atoms with van der Waals surface area (Å²) in [5, 5.41) is 9.57. The van der Waals surface area contributed by atoms with Gasteiger partial charge in [0.25, 0.3) is 0 Å². The Balaban J connectivity index is 2.60. The molecule has 1 aromatic rings. The SMILES string of the molecule is CC(C)(C#N)CCSc1c(N)cccc1Cl. The molecule has 0 amide bonds. The molecular weight excluding hydrogens is 240 g/mol. The summed E-state index contributed by atoms with van der Waals surface area (Å²) in [4.78, 5) is 0.915. The van der Waals surface area contributed by atoms with E-state index in [0.29, 0.717) is 10.7 Å². The third-order valence-electron chi connectivity index (χ3n) is 2.27. The molecule has 0 saturated heterocycles. The van der Waals surface area contributed by atoms with Gasteiger partial charge in [0.15, 0.2) is 0 Å². The Bertz CT molecular complexity index is 390. The Morgan fingerprint density at radius 2 is 2.19 bits per heavy atom. The van der Waals surface area contributed by atoms with Crippen LogP contribution in [0.3, 0.4) is 0 Å². The molecule has 2 nitrogen and oxygen atoms in total. The molecule has 1 rings (SSSR count). The highest BCUT2D eigenvalue weighted by Crippen LogP contribution is 2.34. The topological polar surface area (TPSA) is 49.8 Å². The van der Waals surface area contributed by atoms with Crippen LogP contribution < -0.4 is 5.73 Å². The normalized spacial score (nSPS) is 11.1. The van der Waals surface area contributed by atoms with Crippen molar-refractivity contribution in [1.29, 1.82) is 5.26 Å². The molecular formula is C12H15ClN2S. The molecule has 4 heteroatoms. The average molecular weight is 255 g/mol. The van der Waals surface area contributed by atoms with Crippen molar-refractivity contribution in [2.75, 3.05) is 11.5 Å². The summed E-state index contributed by atoms with van der Waals surface area (Å²) in [6.07, 6.45) is 0.818. The lowest BCUT2D eigenvalue weighted by atomic mass is 9.93. The van der Waals surface area contributed by atoms with Gasteiger partial charge in [-0.3, -0.25) is 0 Å². The number of nitrogen functional groups attached to an aromatic ring is 1. The van der Waals surface area contributed by atoms with Gasteiger partial charge in [-0.15, -0.1) is 11.8 Å². The number of anilines is 1. The lowest BCUT2D eigenvalue weighted by Crippen LogP contribution is -2.08. The van der Waals surface area contributed by atoms with Crippen LogP contribution >= 0.6 is 23.4 Å². The second kappa shape index (κ2) is 5.47. The number of rotatable bonds is 4. The maximum atomic E-state index is 8.89. The van der Waals surface area contributed by atoms with Gasteiger partial charge in [-0.05, 0) is 38.2 Å². The van der Waals surface area contributed by atoms with Gasteiger partial charge in [-0.25, -0.2) is 0 Å². The zero-order valence-corrected chi connectivity index (χ0v) is 11.0. The summed E-state index contributed by atoms with van der Waals surface area (Å²) in [7, 11) is 0. The first-order valence-electron chi connectivity index (χ1n) is 5.04. The largest absolute Gasteiger partial charge is 0.398 e. The van der Waals surface area contributed by atoms with E-state index >= 15 is 0 Å². The average Bonchev–Trinajstić information content (AvgIpc) is 2.22. The van der Waals surface area contributed by atoms with E-state index in [1.165, 1.54) is 0 Å². The van der Waals surface area contributed by atoms with Crippen molar-refractivity contribution in [2.24, 2.45) is 5.41 Å². The van der Waals surface area contributed by atoms with Crippen LogP contribution in [0.2, 0.25) is 5.02 Å². The van der Waals surface area contributed by atoms with E-state index < -0.39 is 0 Å². The van der Waals surface area contributed by atoms with E-state index in [1.807, 2.05) is 32.0 Å². The van der Waals surface area contributed by atoms with Gasteiger partial charge in [0.2, 0.25) is 0 Å². The molecule has 0 unspecified atom stereocenters. The predicted molar refractivity (Wildman–Crippen MR) is 70.6 cm³/mol. The summed E-state index contributed by atoms with van der Waals surface area (Å²) < 4.78 is 0.